The SMILES string of the molecule is COc1cccc(C(C)N2CCN(C(=O)C3COCCN3)CC2)c1.Cl.Cl. The predicted octanol–water partition coefficient (Wildman–Crippen LogP) is 1.73. The first-order valence-corrected chi connectivity index (χ1v) is 8.67. The summed E-state index contributed by atoms with van der Waals surface area (Å²) >= 11 is 0. The molecule has 3 rings (SSSR count). The molecule has 0 aliphatic carbocycles. The number of amides is 1. The van der Waals surface area contributed by atoms with Gasteiger partial charge in [0.05, 0.1) is 20.3 Å². The molecule has 6 nitrogen and oxygen atoms in total. The topological polar surface area (TPSA) is 54.0 Å². The van der Waals surface area contributed by atoms with E-state index in [4.69, 9.17) is 9.47 Å². The van der Waals surface area contributed by atoms with Crippen molar-refractivity contribution in [2.75, 3.05) is 53.0 Å². The molecule has 1 aromatic carbocycles. The summed E-state index contributed by atoms with van der Waals surface area (Å²) in [5.41, 5.74) is 1.25. The van der Waals surface area contributed by atoms with Gasteiger partial charge in [-0.1, -0.05) is 12.1 Å². The number of hydrogen-bond donors (Lipinski definition) is 1. The Morgan fingerprint density at radius 2 is 2.00 bits per heavy atom. The van der Waals surface area contributed by atoms with E-state index in [0.717, 1.165) is 38.5 Å². The summed E-state index contributed by atoms with van der Waals surface area (Å²) in [6.07, 6.45) is 0. The molecule has 2 aliphatic heterocycles. The quantitative estimate of drug-likeness (QED) is 0.826. The van der Waals surface area contributed by atoms with Gasteiger partial charge in [0, 0.05) is 38.8 Å². The maximum absolute atomic E-state index is 12.5. The number of hydrogen-bond acceptors (Lipinski definition) is 5. The van der Waals surface area contributed by atoms with Crippen molar-refractivity contribution in [2.45, 2.75) is 19.0 Å². The lowest BCUT2D eigenvalue weighted by Gasteiger charge is -2.39. The van der Waals surface area contributed by atoms with Crippen molar-refractivity contribution in [2.24, 2.45) is 0 Å². The number of methoxy groups -OCH3 is 1. The normalized spacial score (nSPS) is 21.9. The molecule has 2 fully saturated rings. The average molecular weight is 406 g/mol. The Bertz CT molecular complexity index is 562. The molecule has 2 atom stereocenters. The van der Waals surface area contributed by atoms with Crippen molar-refractivity contribution in [1.29, 1.82) is 0 Å². The van der Waals surface area contributed by atoms with Crippen LogP contribution in [0.2, 0.25) is 0 Å². The lowest BCUT2D eigenvalue weighted by atomic mass is 10.1. The van der Waals surface area contributed by atoms with Gasteiger partial charge < -0.3 is 19.7 Å². The molecule has 0 aromatic heterocycles. The lowest BCUT2D eigenvalue weighted by Crippen LogP contribution is -2.57. The number of morpholine rings is 1. The lowest BCUT2D eigenvalue weighted by molar-refractivity contribution is -0.138. The van der Waals surface area contributed by atoms with E-state index >= 15 is 0 Å². The van der Waals surface area contributed by atoms with Gasteiger partial charge in [-0.3, -0.25) is 9.69 Å². The van der Waals surface area contributed by atoms with Gasteiger partial charge in [-0.2, -0.15) is 0 Å². The van der Waals surface area contributed by atoms with E-state index in [1.807, 2.05) is 17.0 Å². The largest absolute Gasteiger partial charge is 0.497 e. The molecular weight excluding hydrogens is 377 g/mol. The highest BCUT2D eigenvalue weighted by molar-refractivity contribution is 5.85. The van der Waals surface area contributed by atoms with Crippen molar-refractivity contribution >= 4 is 30.7 Å². The molecule has 2 saturated heterocycles. The zero-order valence-corrected chi connectivity index (χ0v) is 17.0. The fourth-order valence-electron chi connectivity index (χ4n) is 3.39. The molecule has 2 aliphatic rings. The van der Waals surface area contributed by atoms with E-state index in [-0.39, 0.29) is 36.8 Å². The summed E-state index contributed by atoms with van der Waals surface area (Å²) in [6.45, 7) is 7.45. The predicted molar refractivity (Wildman–Crippen MR) is 107 cm³/mol. The minimum atomic E-state index is -0.180. The number of rotatable bonds is 4. The molecular formula is C18H29Cl2N3O3. The third kappa shape index (κ3) is 5.47. The molecule has 1 amide bonds. The Labute approximate surface area is 168 Å². The average Bonchev–Trinajstić information content (AvgIpc) is 2.67. The van der Waals surface area contributed by atoms with Crippen LogP contribution in [0.25, 0.3) is 0 Å². The molecule has 2 unspecified atom stereocenters. The van der Waals surface area contributed by atoms with Crippen LogP contribution in [0.15, 0.2) is 24.3 Å². The van der Waals surface area contributed by atoms with Gasteiger partial charge in [-0.05, 0) is 24.6 Å². The summed E-state index contributed by atoms with van der Waals surface area (Å²) in [7, 11) is 1.69. The molecule has 0 radical (unpaired) electrons. The van der Waals surface area contributed by atoms with E-state index < -0.39 is 0 Å². The molecule has 148 valence electrons. The van der Waals surface area contributed by atoms with Crippen LogP contribution in [0.1, 0.15) is 18.5 Å². The second kappa shape index (κ2) is 10.9. The first kappa shape index (κ1) is 23.0. The molecule has 0 saturated carbocycles. The summed E-state index contributed by atoms with van der Waals surface area (Å²) in [5, 5.41) is 3.24. The smallest absolute Gasteiger partial charge is 0.242 e. The Kier molecular flexibility index (Phi) is 9.68. The highest BCUT2D eigenvalue weighted by atomic mass is 35.5. The van der Waals surface area contributed by atoms with Crippen LogP contribution in [0.4, 0.5) is 0 Å². The van der Waals surface area contributed by atoms with Gasteiger partial charge in [0.15, 0.2) is 0 Å². The summed E-state index contributed by atoms with van der Waals surface area (Å²) < 4.78 is 10.7. The zero-order valence-electron chi connectivity index (χ0n) is 15.3. The summed E-state index contributed by atoms with van der Waals surface area (Å²) in [4.78, 5) is 16.9. The molecule has 0 spiro atoms. The van der Waals surface area contributed by atoms with Gasteiger partial charge in [0.1, 0.15) is 11.8 Å². The Hall–Kier alpha value is -1.05. The van der Waals surface area contributed by atoms with Gasteiger partial charge in [0.2, 0.25) is 5.91 Å². The van der Waals surface area contributed by atoms with Gasteiger partial charge in [-0.15, -0.1) is 24.8 Å². The van der Waals surface area contributed by atoms with Crippen molar-refractivity contribution in [3.8, 4) is 5.75 Å². The van der Waals surface area contributed by atoms with Crippen molar-refractivity contribution in [1.82, 2.24) is 15.1 Å². The van der Waals surface area contributed by atoms with Crippen molar-refractivity contribution < 1.29 is 14.3 Å². The first-order chi connectivity index (χ1) is 11.7. The van der Waals surface area contributed by atoms with Crippen LogP contribution in [-0.2, 0) is 9.53 Å². The molecule has 8 heteroatoms. The van der Waals surface area contributed by atoms with Crippen LogP contribution in [-0.4, -0.2) is 74.8 Å². The first-order valence-electron chi connectivity index (χ1n) is 8.67. The monoisotopic (exact) mass is 405 g/mol. The molecule has 1 N–H and O–H groups in total. The molecule has 1 aromatic rings. The third-order valence-corrected chi connectivity index (χ3v) is 4.97. The number of halogens is 2. The van der Waals surface area contributed by atoms with Gasteiger partial charge in [-0.25, -0.2) is 0 Å². The Morgan fingerprint density at radius 3 is 2.62 bits per heavy atom. The Morgan fingerprint density at radius 1 is 1.27 bits per heavy atom. The zero-order chi connectivity index (χ0) is 16.9. The number of benzene rings is 1. The van der Waals surface area contributed by atoms with Gasteiger partial charge in [0.25, 0.3) is 0 Å². The minimum absolute atomic E-state index is 0. The number of nitrogens with one attached hydrogen (secondary N) is 1. The van der Waals surface area contributed by atoms with E-state index in [1.54, 1.807) is 7.11 Å². The van der Waals surface area contributed by atoms with E-state index in [9.17, 15) is 4.79 Å². The second-order valence-electron chi connectivity index (χ2n) is 6.40. The van der Waals surface area contributed by atoms with Crippen LogP contribution in [0, 0.1) is 0 Å². The summed E-state index contributed by atoms with van der Waals surface area (Å²) in [5.74, 6) is 1.06. The molecule has 0 bridgehead atoms. The van der Waals surface area contributed by atoms with Crippen LogP contribution < -0.4 is 10.1 Å². The standard InChI is InChI=1S/C18H27N3O3.2ClH/c1-14(15-4-3-5-16(12-15)23-2)20-7-9-21(10-8-20)18(22)17-13-24-11-6-19-17;;/h3-5,12,14,17,19H,6-11,13H2,1-2H3;2*1H. The highest BCUT2D eigenvalue weighted by Crippen LogP contribution is 2.25. The van der Waals surface area contributed by atoms with Crippen LogP contribution in [0.5, 0.6) is 5.75 Å². The fourth-order valence-corrected chi connectivity index (χ4v) is 3.39. The van der Waals surface area contributed by atoms with E-state index in [1.165, 1.54) is 5.56 Å². The van der Waals surface area contributed by atoms with Crippen LogP contribution >= 0.6 is 24.8 Å². The second-order valence-corrected chi connectivity index (χ2v) is 6.40. The van der Waals surface area contributed by atoms with E-state index in [2.05, 4.69) is 29.3 Å². The number of carbonyl (C=O) groups excluding carboxylic acids is 1. The van der Waals surface area contributed by atoms with Crippen LogP contribution in [0.3, 0.4) is 0 Å². The summed E-state index contributed by atoms with van der Waals surface area (Å²) in [6, 6.07) is 8.35. The minimum Gasteiger partial charge on any atom is -0.497 e. The Balaban J connectivity index is 0.00000169. The van der Waals surface area contributed by atoms with Crippen molar-refractivity contribution in [3.63, 3.8) is 0 Å². The molecule has 26 heavy (non-hydrogen) atoms. The molecule has 2 heterocycles. The van der Waals surface area contributed by atoms with E-state index in [0.29, 0.717) is 19.3 Å². The third-order valence-electron chi connectivity index (χ3n) is 4.97. The van der Waals surface area contributed by atoms with Crippen molar-refractivity contribution in [3.05, 3.63) is 29.8 Å². The number of ether oxygens (including phenoxy) is 2. The number of piperazine rings is 1. The fraction of sp³-hybridized carbons (Fsp3) is 0.611. The number of carbonyl (C=O) groups is 1. The maximum Gasteiger partial charge on any atom is 0.242 e. The van der Waals surface area contributed by atoms with Gasteiger partial charge >= 0.3 is 0 Å². The highest BCUT2D eigenvalue weighted by Gasteiger charge is 2.30. The number of nitrogens with zero attached hydrogens (tertiary/aromatic N) is 2. The maximum atomic E-state index is 12.5.